The Hall–Kier alpha value is -0.250. The molecule has 17 heavy (non-hydrogen) atoms. The first kappa shape index (κ1) is 13.2. The summed E-state index contributed by atoms with van der Waals surface area (Å²) in [5, 5.41) is 10.4. The molecule has 94 valence electrons. The van der Waals surface area contributed by atoms with Crippen LogP contribution in [0, 0.1) is 5.82 Å². The van der Waals surface area contributed by atoms with Gasteiger partial charge in [0.1, 0.15) is 5.82 Å². The van der Waals surface area contributed by atoms with Crippen molar-refractivity contribution in [1.82, 2.24) is 0 Å². The fourth-order valence-electron chi connectivity index (χ4n) is 2.17. The Morgan fingerprint density at radius 3 is 2.94 bits per heavy atom. The first-order chi connectivity index (χ1) is 8.01. The lowest BCUT2D eigenvalue weighted by atomic mass is 9.93. The number of thioether (sulfide) groups is 1. The standard InChI is InChI=1S/C13H16ClFOS/c1-13(5-2-6-17-13)12(16)8-9-3-4-11(15)10(14)7-9/h3-4,7,12,16H,2,5-6,8H2,1H3. The minimum atomic E-state index is -0.411. The van der Waals surface area contributed by atoms with Crippen LogP contribution < -0.4 is 0 Å². The highest BCUT2D eigenvalue weighted by atomic mass is 35.5. The Balaban J connectivity index is 2.07. The molecule has 0 radical (unpaired) electrons. The zero-order chi connectivity index (χ0) is 12.5. The summed E-state index contributed by atoms with van der Waals surface area (Å²) < 4.78 is 12.9. The van der Waals surface area contributed by atoms with E-state index in [0.29, 0.717) is 6.42 Å². The Bertz CT molecular complexity index is 404. The second-order valence-corrected chi connectivity index (χ2v) is 6.77. The third-order valence-electron chi connectivity index (χ3n) is 3.37. The summed E-state index contributed by atoms with van der Waals surface area (Å²) in [5.74, 6) is 0.698. The van der Waals surface area contributed by atoms with Crippen LogP contribution in [0.25, 0.3) is 0 Å². The van der Waals surface area contributed by atoms with Crippen LogP contribution in [-0.2, 0) is 6.42 Å². The highest BCUT2D eigenvalue weighted by Gasteiger charge is 2.36. The molecule has 2 unspecified atom stereocenters. The highest BCUT2D eigenvalue weighted by molar-refractivity contribution is 8.00. The lowest BCUT2D eigenvalue weighted by molar-refractivity contribution is 0.133. The lowest BCUT2D eigenvalue weighted by Crippen LogP contribution is -2.35. The monoisotopic (exact) mass is 274 g/mol. The van der Waals surface area contributed by atoms with E-state index in [1.165, 1.54) is 6.07 Å². The van der Waals surface area contributed by atoms with Gasteiger partial charge in [-0.1, -0.05) is 17.7 Å². The van der Waals surface area contributed by atoms with Crippen molar-refractivity contribution in [3.63, 3.8) is 0 Å². The van der Waals surface area contributed by atoms with E-state index >= 15 is 0 Å². The first-order valence-electron chi connectivity index (χ1n) is 5.77. The lowest BCUT2D eigenvalue weighted by Gasteiger charge is -2.29. The fraction of sp³-hybridized carbons (Fsp3) is 0.538. The highest BCUT2D eigenvalue weighted by Crippen LogP contribution is 2.41. The maximum atomic E-state index is 13.0. The third kappa shape index (κ3) is 2.95. The summed E-state index contributed by atoms with van der Waals surface area (Å²) >= 11 is 7.55. The van der Waals surface area contributed by atoms with Crippen LogP contribution >= 0.6 is 23.4 Å². The molecule has 1 heterocycles. The van der Waals surface area contributed by atoms with Gasteiger partial charge < -0.3 is 5.11 Å². The van der Waals surface area contributed by atoms with E-state index in [9.17, 15) is 9.50 Å². The largest absolute Gasteiger partial charge is 0.391 e. The van der Waals surface area contributed by atoms with Crippen LogP contribution in [-0.4, -0.2) is 21.7 Å². The molecule has 0 bridgehead atoms. The molecule has 1 aromatic rings. The summed E-state index contributed by atoms with van der Waals surface area (Å²) in [7, 11) is 0. The van der Waals surface area contributed by atoms with Gasteiger partial charge in [0.05, 0.1) is 11.1 Å². The summed E-state index contributed by atoms with van der Waals surface area (Å²) in [5.41, 5.74) is 0.887. The number of benzene rings is 1. The average Bonchev–Trinajstić information content (AvgIpc) is 2.72. The van der Waals surface area contributed by atoms with Crippen molar-refractivity contribution in [2.24, 2.45) is 0 Å². The normalized spacial score (nSPS) is 26.1. The van der Waals surface area contributed by atoms with Gasteiger partial charge in [0.25, 0.3) is 0 Å². The minimum Gasteiger partial charge on any atom is -0.391 e. The van der Waals surface area contributed by atoms with Crippen molar-refractivity contribution in [2.75, 3.05) is 5.75 Å². The van der Waals surface area contributed by atoms with Crippen molar-refractivity contribution < 1.29 is 9.50 Å². The maximum Gasteiger partial charge on any atom is 0.141 e. The number of aliphatic hydroxyl groups is 1. The van der Waals surface area contributed by atoms with E-state index in [1.54, 1.807) is 12.1 Å². The van der Waals surface area contributed by atoms with Crippen LogP contribution in [0.4, 0.5) is 4.39 Å². The third-order valence-corrected chi connectivity index (χ3v) is 5.29. The predicted octanol–water partition coefficient (Wildman–Crippen LogP) is 3.67. The van der Waals surface area contributed by atoms with E-state index < -0.39 is 11.9 Å². The van der Waals surface area contributed by atoms with E-state index in [4.69, 9.17) is 11.6 Å². The van der Waals surface area contributed by atoms with E-state index in [0.717, 1.165) is 24.2 Å². The van der Waals surface area contributed by atoms with Crippen LogP contribution in [0.15, 0.2) is 18.2 Å². The Morgan fingerprint density at radius 2 is 2.35 bits per heavy atom. The number of aliphatic hydroxyl groups excluding tert-OH is 1. The summed E-state index contributed by atoms with van der Waals surface area (Å²) in [6, 6.07) is 4.64. The van der Waals surface area contributed by atoms with E-state index in [1.807, 2.05) is 11.8 Å². The van der Waals surface area contributed by atoms with E-state index in [2.05, 4.69) is 6.92 Å². The molecule has 0 aliphatic carbocycles. The molecule has 1 aromatic carbocycles. The number of hydrogen-bond donors (Lipinski definition) is 1. The quantitative estimate of drug-likeness (QED) is 0.908. The minimum absolute atomic E-state index is 0.0686. The van der Waals surface area contributed by atoms with Crippen molar-refractivity contribution in [3.05, 3.63) is 34.6 Å². The van der Waals surface area contributed by atoms with Gasteiger partial charge in [-0.2, -0.15) is 11.8 Å². The van der Waals surface area contributed by atoms with Gasteiger partial charge in [-0.05, 0) is 49.6 Å². The zero-order valence-corrected chi connectivity index (χ0v) is 11.3. The Kier molecular flexibility index (Phi) is 4.01. The molecule has 1 aliphatic heterocycles. The van der Waals surface area contributed by atoms with Crippen LogP contribution in [0.5, 0.6) is 0 Å². The molecule has 1 saturated heterocycles. The molecule has 0 saturated carbocycles. The maximum absolute atomic E-state index is 13.0. The molecule has 2 atom stereocenters. The molecule has 1 N–H and O–H groups in total. The van der Waals surface area contributed by atoms with Gasteiger partial charge in [0, 0.05) is 4.75 Å². The second-order valence-electron chi connectivity index (χ2n) is 4.73. The summed E-state index contributed by atoms with van der Waals surface area (Å²) in [4.78, 5) is 0. The number of hydrogen-bond acceptors (Lipinski definition) is 2. The van der Waals surface area contributed by atoms with Crippen molar-refractivity contribution in [1.29, 1.82) is 0 Å². The van der Waals surface area contributed by atoms with Gasteiger partial charge in [-0.3, -0.25) is 0 Å². The zero-order valence-electron chi connectivity index (χ0n) is 9.75. The molecule has 0 amide bonds. The van der Waals surface area contributed by atoms with Crippen molar-refractivity contribution in [2.45, 2.75) is 37.0 Å². The van der Waals surface area contributed by atoms with E-state index in [-0.39, 0.29) is 9.77 Å². The summed E-state index contributed by atoms with van der Waals surface area (Å²) in [6.07, 6.45) is 2.32. The van der Waals surface area contributed by atoms with Crippen LogP contribution in [0.1, 0.15) is 25.3 Å². The molecule has 1 fully saturated rings. The Morgan fingerprint density at radius 1 is 1.59 bits per heavy atom. The van der Waals surface area contributed by atoms with Crippen molar-refractivity contribution in [3.8, 4) is 0 Å². The van der Waals surface area contributed by atoms with Crippen LogP contribution in [0.3, 0.4) is 0 Å². The average molecular weight is 275 g/mol. The summed E-state index contributed by atoms with van der Waals surface area (Å²) in [6.45, 7) is 2.10. The van der Waals surface area contributed by atoms with Gasteiger partial charge in [0.15, 0.2) is 0 Å². The smallest absolute Gasteiger partial charge is 0.141 e. The van der Waals surface area contributed by atoms with Gasteiger partial charge >= 0.3 is 0 Å². The second kappa shape index (κ2) is 5.17. The molecule has 4 heteroatoms. The molecule has 2 rings (SSSR count). The Labute approximate surface area is 110 Å². The topological polar surface area (TPSA) is 20.2 Å². The van der Waals surface area contributed by atoms with Gasteiger partial charge in [-0.15, -0.1) is 0 Å². The van der Waals surface area contributed by atoms with Gasteiger partial charge in [-0.25, -0.2) is 4.39 Å². The predicted molar refractivity (Wildman–Crippen MR) is 71.2 cm³/mol. The molecule has 1 nitrogen and oxygen atoms in total. The number of halogens is 2. The molecule has 1 aliphatic rings. The molecule has 0 aromatic heterocycles. The fourth-order valence-corrected chi connectivity index (χ4v) is 3.69. The molecule has 0 spiro atoms. The van der Waals surface area contributed by atoms with Crippen LogP contribution in [0.2, 0.25) is 5.02 Å². The first-order valence-corrected chi connectivity index (χ1v) is 7.13. The molecular formula is C13H16ClFOS. The molecular weight excluding hydrogens is 259 g/mol. The SMILES string of the molecule is CC1(C(O)Cc2ccc(F)c(Cl)c2)CCCS1. The van der Waals surface area contributed by atoms with Gasteiger partial charge in [0.2, 0.25) is 0 Å². The van der Waals surface area contributed by atoms with Crippen molar-refractivity contribution >= 4 is 23.4 Å². The number of rotatable bonds is 3.